The van der Waals surface area contributed by atoms with Crippen molar-refractivity contribution in [2.75, 3.05) is 26.3 Å². The maximum absolute atomic E-state index is 11.3. The molecule has 2 N–H and O–H groups in total. The number of fused-ring (bicyclic) bond motifs is 2. The molecule has 0 fully saturated rings. The normalized spacial score (nSPS) is 13.6. The third kappa shape index (κ3) is 5.93. The zero-order valence-electron chi connectivity index (χ0n) is 19.4. The molecule has 0 saturated heterocycles. The van der Waals surface area contributed by atoms with E-state index in [0.29, 0.717) is 19.6 Å². The summed E-state index contributed by atoms with van der Waals surface area (Å²) in [4.78, 5) is 11.3. The Kier molecular flexibility index (Phi) is 8.12. The molecule has 4 rings (SSSR count). The molecule has 0 radical (unpaired) electrons. The van der Waals surface area contributed by atoms with Crippen LogP contribution in [0.1, 0.15) is 40.7 Å². The Labute approximate surface area is 201 Å². The molecule has 1 atom stereocenters. The monoisotopic (exact) mass is 457 g/mol. The minimum Gasteiger partial charge on any atom is -0.492 e. The fourth-order valence-electron chi connectivity index (χ4n) is 4.37. The number of ether oxygens (including phenoxy) is 2. The Morgan fingerprint density at radius 2 is 1.56 bits per heavy atom. The largest absolute Gasteiger partial charge is 0.492 e. The molecular formula is C29H31NO4. The van der Waals surface area contributed by atoms with E-state index in [4.69, 9.17) is 9.47 Å². The third-order valence-electron chi connectivity index (χ3n) is 6.07. The zero-order chi connectivity index (χ0) is 23.8. The Bertz CT molecular complexity index is 1070. The topological polar surface area (TPSA) is 67.8 Å². The van der Waals surface area contributed by atoms with Crippen molar-refractivity contribution in [2.24, 2.45) is 0 Å². The van der Waals surface area contributed by atoms with Gasteiger partial charge in [-0.2, -0.15) is 0 Å². The van der Waals surface area contributed by atoms with E-state index < -0.39 is 12.1 Å². The minimum absolute atomic E-state index is 0.272. The standard InChI is InChI=1S/C29H31NO4/c1-2-33-28(29(31)32)19-21-11-15-24(16-12-21)34-18-17-30-20-27-25-9-5-3-7-22(25)13-14-23-8-4-6-10-26(23)27/h3-16,27-28,30H,2,17-20H2,1H3,(H,31,32). The highest BCUT2D eigenvalue weighted by molar-refractivity contribution is 5.76. The zero-order valence-corrected chi connectivity index (χ0v) is 19.4. The Hall–Kier alpha value is -3.41. The molecule has 0 aromatic heterocycles. The van der Waals surface area contributed by atoms with Gasteiger partial charge >= 0.3 is 5.97 Å². The molecular weight excluding hydrogens is 426 g/mol. The van der Waals surface area contributed by atoms with Crippen LogP contribution in [0, 0.1) is 0 Å². The van der Waals surface area contributed by atoms with E-state index in [1.807, 2.05) is 24.3 Å². The average Bonchev–Trinajstić information content (AvgIpc) is 3.01. The number of rotatable bonds is 11. The van der Waals surface area contributed by atoms with Crippen LogP contribution in [0.2, 0.25) is 0 Å². The van der Waals surface area contributed by atoms with Crippen LogP contribution in [0.25, 0.3) is 12.2 Å². The molecule has 0 amide bonds. The lowest BCUT2D eigenvalue weighted by Gasteiger charge is -2.21. The predicted octanol–water partition coefficient (Wildman–Crippen LogP) is 5.00. The summed E-state index contributed by atoms with van der Waals surface area (Å²) in [5.41, 5.74) is 6.09. The maximum Gasteiger partial charge on any atom is 0.333 e. The second-order valence-corrected chi connectivity index (χ2v) is 8.33. The minimum atomic E-state index is -0.942. The first-order valence-electron chi connectivity index (χ1n) is 11.8. The second kappa shape index (κ2) is 11.6. The molecule has 1 aliphatic carbocycles. The molecule has 0 heterocycles. The lowest BCUT2D eigenvalue weighted by Crippen LogP contribution is -2.27. The van der Waals surface area contributed by atoms with E-state index in [2.05, 4.69) is 66.0 Å². The van der Waals surface area contributed by atoms with Gasteiger partial charge in [-0.3, -0.25) is 0 Å². The fraction of sp³-hybridized carbons (Fsp3) is 0.276. The quantitative estimate of drug-likeness (QED) is 0.397. The van der Waals surface area contributed by atoms with Crippen LogP contribution < -0.4 is 10.1 Å². The molecule has 3 aromatic rings. The Balaban J connectivity index is 1.30. The number of benzene rings is 3. The molecule has 1 aliphatic rings. The molecule has 0 aliphatic heterocycles. The number of hydrogen-bond acceptors (Lipinski definition) is 4. The van der Waals surface area contributed by atoms with Gasteiger partial charge in [-0.25, -0.2) is 4.79 Å². The van der Waals surface area contributed by atoms with Crippen LogP contribution in [-0.4, -0.2) is 43.5 Å². The summed E-state index contributed by atoms with van der Waals surface area (Å²) in [5.74, 6) is 0.0975. The van der Waals surface area contributed by atoms with Gasteiger partial charge in [0, 0.05) is 32.0 Å². The summed E-state index contributed by atoms with van der Waals surface area (Å²) < 4.78 is 11.2. The number of aliphatic carboxylic acids is 1. The van der Waals surface area contributed by atoms with Gasteiger partial charge in [0.05, 0.1) is 0 Å². The van der Waals surface area contributed by atoms with Crippen molar-refractivity contribution in [3.05, 3.63) is 101 Å². The van der Waals surface area contributed by atoms with Crippen molar-refractivity contribution in [1.82, 2.24) is 5.32 Å². The van der Waals surface area contributed by atoms with Crippen molar-refractivity contribution in [3.63, 3.8) is 0 Å². The van der Waals surface area contributed by atoms with Gasteiger partial charge in [0.15, 0.2) is 6.10 Å². The van der Waals surface area contributed by atoms with Crippen LogP contribution in [-0.2, 0) is 16.0 Å². The van der Waals surface area contributed by atoms with Crippen LogP contribution in [0.4, 0.5) is 0 Å². The van der Waals surface area contributed by atoms with E-state index in [-0.39, 0.29) is 5.92 Å². The first-order chi connectivity index (χ1) is 16.7. The smallest absolute Gasteiger partial charge is 0.333 e. The van der Waals surface area contributed by atoms with Crippen molar-refractivity contribution in [1.29, 1.82) is 0 Å². The SMILES string of the molecule is CCOC(Cc1ccc(OCCNCC2c3ccccc3C=Cc3ccccc32)cc1)C(=O)O. The van der Waals surface area contributed by atoms with Gasteiger partial charge in [-0.1, -0.05) is 72.8 Å². The van der Waals surface area contributed by atoms with Gasteiger partial charge < -0.3 is 19.9 Å². The van der Waals surface area contributed by atoms with E-state index >= 15 is 0 Å². The first-order valence-corrected chi connectivity index (χ1v) is 11.8. The number of hydrogen-bond donors (Lipinski definition) is 2. The summed E-state index contributed by atoms with van der Waals surface area (Å²) in [5, 5.41) is 12.8. The molecule has 0 spiro atoms. The molecule has 34 heavy (non-hydrogen) atoms. The van der Waals surface area contributed by atoms with Gasteiger partial charge in [-0.15, -0.1) is 0 Å². The van der Waals surface area contributed by atoms with E-state index in [0.717, 1.165) is 24.4 Å². The highest BCUT2D eigenvalue weighted by atomic mass is 16.5. The summed E-state index contributed by atoms with van der Waals surface area (Å²) in [6.07, 6.45) is 3.92. The van der Waals surface area contributed by atoms with Gasteiger partial charge in [0.25, 0.3) is 0 Å². The van der Waals surface area contributed by atoms with Gasteiger partial charge in [0.1, 0.15) is 12.4 Å². The van der Waals surface area contributed by atoms with Crippen LogP contribution in [0.3, 0.4) is 0 Å². The fourth-order valence-corrected chi connectivity index (χ4v) is 4.37. The molecule has 5 heteroatoms. The van der Waals surface area contributed by atoms with Crippen molar-refractivity contribution in [3.8, 4) is 5.75 Å². The van der Waals surface area contributed by atoms with Crippen molar-refractivity contribution >= 4 is 18.1 Å². The average molecular weight is 458 g/mol. The second-order valence-electron chi connectivity index (χ2n) is 8.33. The van der Waals surface area contributed by atoms with Crippen LogP contribution in [0.5, 0.6) is 5.75 Å². The first kappa shape index (κ1) is 23.7. The highest BCUT2D eigenvalue weighted by Gasteiger charge is 2.21. The molecule has 176 valence electrons. The molecule has 5 nitrogen and oxygen atoms in total. The number of carbonyl (C=O) groups is 1. The molecule has 0 bridgehead atoms. The summed E-state index contributed by atoms with van der Waals surface area (Å²) in [6.45, 7) is 4.27. The molecule has 1 unspecified atom stereocenters. The van der Waals surface area contributed by atoms with Crippen molar-refractivity contribution in [2.45, 2.75) is 25.4 Å². The van der Waals surface area contributed by atoms with Gasteiger partial charge in [-0.05, 0) is 46.9 Å². The van der Waals surface area contributed by atoms with Gasteiger partial charge in [0.2, 0.25) is 0 Å². The summed E-state index contributed by atoms with van der Waals surface area (Å²) in [6, 6.07) is 24.7. The maximum atomic E-state index is 11.3. The van der Waals surface area contributed by atoms with E-state index in [9.17, 15) is 9.90 Å². The van der Waals surface area contributed by atoms with Crippen LogP contribution >= 0.6 is 0 Å². The summed E-state index contributed by atoms with van der Waals surface area (Å²) >= 11 is 0. The van der Waals surface area contributed by atoms with E-state index in [1.165, 1.54) is 22.3 Å². The molecule has 0 saturated carbocycles. The summed E-state index contributed by atoms with van der Waals surface area (Å²) in [7, 11) is 0. The third-order valence-corrected chi connectivity index (χ3v) is 6.07. The lowest BCUT2D eigenvalue weighted by molar-refractivity contribution is -0.149. The lowest BCUT2D eigenvalue weighted by atomic mass is 9.87. The Morgan fingerprint density at radius 3 is 2.15 bits per heavy atom. The Morgan fingerprint density at radius 1 is 0.941 bits per heavy atom. The highest BCUT2D eigenvalue weighted by Crippen LogP contribution is 2.33. The molecule has 3 aromatic carbocycles. The number of nitrogens with one attached hydrogen (secondary N) is 1. The number of carboxylic acid groups (broad SMARTS) is 1. The predicted molar refractivity (Wildman–Crippen MR) is 135 cm³/mol. The van der Waals surface area contributed by atoms with Crippen LogP contribution in [0.15, 0.2) is 72.8 Å². The number of carboxylic acids is 1. The van der Waals surface area contributed by atoms with Crippen molar-refractivity contribution < 1.29 is 19.4 Å². The van der Waals surface area contributed by atoms with E-state index in [1.54, 1.807) is 6.92 Å².